The summed E-state index contributed by atoms with van der Waals surface area (Å²) in [6, 6.07) is 15.6. The number of para-hydroxylation sites is 1. The highest BCUT2D eigenvalue weighted by Crippen LogP contribution is 2.36. The summed E-state index contributed by atoms with van der Waals surface area (Å²) in [5, 5.41) is 3.63. The zero-order valence-electron chi connectivity index (χ0n) is 21.9. The number of benzene rings is 2. The van der Waals surface area contributed by atoms with Gasteiger partial charge in [-0.25, -0.2) is 9.78 Å². The van der Waals surface area contributed by atoms with Gasteiger partial charge in [0.1, 0.15) is 11.4 Å². The second-order valence-electron chi connectivity index (χ2n) is 9.56. The number of aromatic amines is 1. The fraction of sp³-hybridized carbons (Fsp3) is 0.276. The van der Waals surface area contributed by atoms with E-state index in [9.17, 15) is 9.59 Å². The summed E-state index contributed by atoms with van der Waals surface area (Å²) in [5.41, 5.74) is 5.16. The molecule has 1 saturated heterocycles. The Labute approximate surface area is 221 Å². The van der Waals surface area contributed by atoms with E-state index >= 15 is 0 Å². The zero-order valence-corrected chi connectivity index (χ0v) is 21.9. The Hall–Kier alpha value is -4.37. The van der Waals surface area contributed by atoms with Crippen LogP contribution in [-0.2, 0) is 4.74 Å². The van der Waals surface area contributed by atoms with E-state index in [-0.39, 0.29) is 5.91 Å². The smallest absolute Gasteiger partial charge is 0.411 e. The van der Waals surface area contributed by atoms with Crippen molar-refractivity contribution in [3.05, 3.63) is 66.5 Å². The van der Waals surface area contributed by atoms with Gasteiger partial charge < -0.3 is 24.3 Å². The Morgan fingerprint density at radius 3 is 2.63 bits per heavy atom. The number of fused-ring (bicyclic) bond motifs is 1. The number of likely N-dealkylation sites (N-methyl/N-ethyl adjacent to an activating group) is 1. The fourth-order valence-corrected chi connectivity index (χ4v) is 4.94. The Morgan fingerprint density at radius 1 is 1.08 bits per heavy atom. The van der Waals surface area contributed by atoms with Crippen LogP contribution in [0, 0.1) is 0 Å². The van der Waals surface area contributed by atoms with Crippen molar-refractivity contribution in [2.24, 2.45) is 0 Å². The van der Waals surface area contributed by atoms with E-state index in [1.54, 1.807) is 19.4 Å². The molecular weight excluding hydrogens is 482 g/mol. The number of nitrogens with zero attached hydrogens (tertiary/aromatic N) is 3. The third kappa shape index (κ3) is 4.80. The summed E-state index contributed by atoms with van der Waals surface area (Å²) in [6.45, 7) is 1.29. The van der Waals surface area contributed by atoms with Crippen molar-refractivity contribution in [2.75, 3.05) is 46.7 Å². The van der Waals surface area contributed by atoms with Crippen LogP contribution in [0.5, 0.6) is 5.75 Å². The molecule has 3 heterocycles. The molecule has 5 rings (SSSR count). The van der Waals surface area contributed by atoms with Crippen LogP contribution in [0.25, 0.3) is 33.3 Å². The van der Waals surface area contributed by atoms with Gasteiger partial charge in [0.25, 0.3) is 5.91 Å². The predicted octanol–water partition coefficient (Wildman–Crippen LogP) is 4.86. The molecule has 4 aromatic rings. The lowest BCUT2D eigenvalue weighted by Gasteiger charge is -2.22. The van der Waals surface area contributed by atoms with Gasteiger partial charge in [0.2, 0.25) is 0 Å². The highest BCUT2D eigenvalue weighted by Gasteiger charge is 2.30. The number of likely N-dealkylation sites (tertiary alicyclic amines) is 1. The van der Waals surface area contributed by atoms with Gasteiger partial charge in [0.05, 0.1) is 25.5 Å². The van der Waals surface area contributed by atoms with Crippen LogP contribution in [0.1, 0.15) is 16.8 Å². The molecule has 1 aliphatic rings. The summed E-state index contributed by atoms with van der Waals surface area (Å²) in [4.78, 5) is 37.5. The molecule has 9 heteroatoms. The molecule has 1 fully saturated rings. The Bertz CT molecular complexity index is 1500. The van der Waals surface area contributed by atoms with Crippen LogP contribution in [0.3, 0.4) is 0 Å². The minimum absolute atomic E-state index is 0.131. The van der Waals surface area contributed by atoms with Crippen LogP contribution >= 0.6 is 0 Å². The number of aromatic nitrogens is 2. The molecule has 1 unspecified atom stereocenters. The molecule has 196 valence electrons. The van der Waals surface area contributed by atoms with Gasteiger partial charge in [-0.2, -0.15) is 0 Å². The standard InChI is InChI=1S/C29H31N5O4/c1-33(2)20-11-12-34(17-20)28(35)23-13-18(9-10-25(23)32-29(36)38-4)19-14-22-24(16-31-27(22)30-15-19)21-7-5-6-8-26(21)37-3/h5-10,13-16,20H,11-12,17H2,1-4H3,(H,30,31)(H,32,36). The van der Waals surface area contributed by atoms with Crippen molar-refractivity contribution in [2.45, 2.75) is 12.5 Å². The van der Waals surface area contributed by atoms with Gasteiger partial charge in [-0.05, 0) is 50.3 Å². The van der Waals surface area contributed by atoms with Crippen molar-refractivity contribution < 1.29 is 19.1 Å². The second kappa shape index (κ2) is 10.5. The van der Waals surface area contributed by atoms with Gasteiger partial charge in [-0.3, -0.25) is 10.1 Å². The SMILES string of the molecule is COC(=O)Nc1ccc(-c2cnc3[nH]cc(-c4ccccc4OC)c3c2)cc1C(=O)N1CCC(N(C)C)C1. The van der Waals surface area contributed by atoms with E-state index in [0.717, 1.165) is 45.5 Å². The lowest BCUT2D eigenvalue weighted by atomic mass is 9.99. The Kier molecular flexibility index (Phi) is 7.02. The first kappa shape index (κ1) is 25.3. The molecule has 38 heavy (non-hydrogen) atoms. The minimum atomic E-state index is -0.628. The maximum atomic E-state index is 13.7. The number of hydrogen-bond acceptors (Lipinski definition) is 6. The number of carbonyl (C=O) groups excluding carboxylic acids is 2. The number of ether oxygens (including phenoxy) is 2. The monoisotopic (exact) mass is 513 g/mol. The van der Waals surface area contributed by atoms with Gasteiger partial charge in [0.15, 0.2) is 0 Å². The largest absolute Gasteiger partial charge is 0.496 e. The van der Waals surface area contributed by atoms with Crippen LogP contribution in [0.2, 0.25) is 0 Å². The third-order valence-corrected chi connectivity index (χ3v) is 7.11. The van der Waals surface area contributed by atoms with E-state index in [2.05, 4.69) is 26.3 Å². The summed E-state index contributed by atoms with van der Waals surface area (Å²) < 4.78 is 10.4. The number of carbonyl (C=O) groups is 2. The number of hydrogen-bond donors (Lipinski definition) is 2. The molecule has 9 nitrogen and oxygen atoms in total. The van der Waals surface area contributed by atoms with Gasteiger partial charge in [-0.15, -0.1) is 0 Å². The average Bonchev–Trinajstić information content (AvgIpc) is 3.60. The molecule has 0 bridgehead atoms. The normalized spacial score (nSPS) is 15.2. The van der Waals surface area contributed by atoms with E-state index in [1.165, 1.54) is 7.11 Å². The van der Waals surface area contributed by atoms with Crippen molar-refractivity contribution >= 4 is 28.7 Å². The number of methoxy groups -OCH3 is 2. The average molecular weight is 514 g/mol. The number of anilines is 1. The zero-order chi connectivity index (χ0) is 26.8. The maximum Gasteiger partial charge on any atom is 0.411 e. The summed E-state index contributed by atoms with van der Waals surface area (Å²) >= 11 is 0. The van der Waals surface area contributed by atoms with Gasteiger partial charge >= 0.3 is 6.09 Å². The van der Waals surface area contributed by atoms with Crippen LogP contribution in [0.15, 0.2) is 60.9 Å². The van der Waals surface area contributed by atoms with Crippen molar-refractivity contribution in [3.63, 3.8) is 0 Å². The van der Waals surface area contributed by atoms with E-state index in [4.69, 9.17) is 9.47 Å². The van der Waals surface area contributed by atoms with Gasteiger partial charge in [-0.1, -0.05) is 24.3 Å². The molecule has 1 aliphatic heterocycles. The molecule has 0 radical (unpaired) electrons. The molecule has 0 aliphatic carbocycles. The fourth-order valence-electron chi connectivity index (χ4n) is 4.94. The Morgan fingerprint density at radius 2 is 1.89 bits per heavy atom. The molecular formula is C29H31N5O4. The van der Waals surface area contributed by atoms with Crippen LogP contribution in [0.4, 0.5) is 10.5 Å². The summed E-state index contributed by atoms with van der Waals surface area (Å²) in [7, 11) is 6.99. The lowest BCUT2D eigenvalue weighted by Crippen LogP contribution is -2.35. The maximum absolute atomic E-state index is 13.7. The topological polar surface area (TPSA) is 99.8 Å². The number of nitrogens with one attached hydrogen (secondary N) is 2. The molecule has 2 N–H and O–H groups in total. The first-order valence-corrected chi connectivity index (χ1v) is 12.4. The molecule has 2 amide bonds. The predicted molar refractivity (Wildman–Crippen MR) is 148 cm³/mol. The summed E-state index contributed by atoms with van der Waals surface area (Å²) in [5.74, 6) is 0.638. The first-order chi connectivity index (χ1) is 18.4. The van der Waals surface area contributed by atoms with Gasteiger partial charge in [0, 0.05) is 53.6 Å². The summed E-state index contributed by atoms with van der Waals surface area (Å²) in [6.07, 6.45) is 3.97. The van der Waals surface area contributed by atoms with Crippen molar-refractivity contribution in [1.82, 2.24) is 19.8 Å². The third-order valence-electron chi connectivity index (χ3n) is 7.11. The van der Waals surface area contributed by atoms with Crippen molar-refractivity contribution in [1.29, 1.82) is 0 Å². The Balaban J connectivity index is 1.55. The van der Waals surface area contributed by atoms with Crippen molar-refractivity contribution in [3.8, 4) is 28.0 Å². The minimum Gasteiger partial charge on any atom is -0.496 e. The number of rotatable bonds is 6. The molecule has 1 atom stereocenters. The lowest BCUT2D eigenvalue weighted by molar-refractivity contribution is 0.0784. The highest BCUT2D eigenvalue weighted by molar-refractivity contribution is 6.04. The second-order valence-corrected chi connectivity index (χ2v) is 9.56. The molecule has 0 spiro atoms. The molecule has 2 aromatic heterocycles. The van der Waals surface area contributed by atoms with Crippen LogP contribution < -0.4 is 10.1 Å². The van der Waals surface area contributed by atoms with E-state index in [1.807, 2.05) is 61.6 Å². The molecule has 2 aromatic carbocycles. The number of pyridine rings is 1. The molecule has 0 saturated carbocycles. The quantitative estimate of drug-likeness (QED) is 0.382. The van der Waals surface area contributed by atoms with E-state index < -0.39 is 6.09 Å². The van der Waals surface area contributed by atoms with Crippen LogP contribution in [-0.4, -0.2) is 79.2 Å². The highest BCUT2D eigenvalue weighted by atomic mass is 16.5. The number of amides is 2. The number of H-pyrrole nitrogens is 1. The van der Waals surface area contributed by atoms with E-state index in [0.29, 0.717) is 30.4 Å². The first-order valence-electron chi connectivity index (χ1n) is 12.4.